The van der Waals surface area contributed by atoms with Crippen molar-refractivity contribution >= 4 is 16.8 Å². The number of amides is 1. The molecular weight excluding hydrogens is 281 g/mol. The Labute approximate surface area is 129 Å². The first-order chi connectivity index (χ1) is 10.3. The Morgan fingerprint density at radius 3 is 2.68 bits per heavy atom. The number of benzene rings is 1. The van der Waals surface area contributed by atoms with Gasteiger partial charge in [-0.05, 0) is 51.6 Å². The first-order valence-corrected chi connectivity index (χ1v) is 7.57. The largest absolute Gasteiger partial charge is 0.350 e. The normalized spacial score (nSPS) is 18.9. The van der Waals surface area contributed by atoms with E-state index in [9.17, 15) is 9.18 Å². The molecule has 1 fully saturated rings. The second-order valence-electron chi connectivity index (χ2n) is 6.83. The van der Waals surface area contributed by atoms with E-state index >= 15 is 0 Å². The second-order valence-corrected chi connectivity index (χ2v) is 6.83. The Bertz CT molecular complexity index is 735. The van der Waals surface area contributed by atoms with Crippen LogP contribution in [0.4, 0.5) is 4.39 Å². The molecule has 1 aliphatic heterocycles. The summed E-state index contributed by atoms with van der Waals surface area (Å²) in [4.78, 5) is 19.9. The van der Waals surface area contributed by atoms with Crippen molar-refractivity contribution in [3.8, 4) is 0 Å². The van der Waals surface area contributed by atoms with E-state index in [1.165, 1.54) is 12.1 Å². The van der Waals surface area contributed by atoms with Crippen LogP contribution in [0.3, 0.4) is 0 Å². The van der Waals surface area contributed by atoms with Gasteiger partial charge in [0, 0.05) is 36.1 Å². The molecule has 0 atom stereocenters. The number of likely N-dealkylation sites (N-methyl/N-ethyl adjacent to an activating group) is 1. The molecule has 22 heavy (non-hydrogen) atoms. The lowest BCUT2D eigenvalue weighted by molar-refractivity contribution is 0.0308. The van der Waals surface area contributed by atoms with Gasteiger partial charge in [-0.25, -0.2) is 4.39 Å². The van der Waals surface area contributed by atoms with E-state index in [2.05, 4.69) is 30.8 Å². The molecule has 0 bridgehead atoms. The van der Waals surface area contributed by atoms with Crippen LogP contribution in [-0.4, -0.2) is 52.9 Å². The van der Waals surface area contributed by atoms with Crippen LogP contribution in [0.1, 0.15) is 29.9 Å². The average molecular weight is 303 g/mol. The van der Waals surface area contributed by atoms with Gasteiger partial charge in [-0.3, -0.25) is 9.69 Å². The van der Waals surface area contributed by atoms with Gasteiger partial charge in [0.05, 0.1) is 0 Å². The molecule has 2 heterocycles. The molecule has 0 radical (unpaired) electrons. The molecule has 4 nitrogen and oxygen atoms in total. The number of aryl methyl sites for hydroxylation is 1. The number of fused-ring (bicyclic) bond motifs is 1. The molecule has 3 rings (SSSR count). The zero-order chi connectivity index (χ0) is 16.1. The lowest BCUT2D eigenvalue weighted by atomic mass is 9.99. The van der Waals surface area contributed by atoms with Crippen molar-refractivity contribution in [1.29, 1.82) is 0 Å². The van der Waals surface area contributed by atoms with Gasteiger partial charge >= 0.3 is 0 Å². The van der Waals surface area contributed by atoms with E-state index in [0.29, 0.717) is 24.3 Å². The molecule has 2 aromatic rings. The standard InChI is InChI=1S/C17H22FN3O/c1-11-7-12(18)8-14-13(11)9-15(19-14)16(22)21-6-5-20(4)17(2,3)10-21/h7-9,19H,5-6,10H2,1-4H3. The highest BCUT2D eigenvalue weighted by Gasteiger charge is 2.33. The minimum atomic E-state index is -0.286. The summed E-state index contributed by atoms with van der Waals surface area (Å²) in [7, 11) is 2.08. The number of aromatic nitrogens is 1. The fourth-order valence-electron chi connectivity index (χ4n) is 3.07. The van der Waals surface area contributed by atoms with Crippen LogP contribution in [0, 0.1) is 12.7 Å². The zero-order valence-corrected chi connectivity index (χ0v) is 13.5. The van der Waals surface area contributed by atoms with Crippen molar-refractivity contribution in [2.45, 2.75) is 26.3 Å². The van der Waals surface area contributed by atoms with E-state index in [1.807, 2.05) is 17.9 Å². The molecule has 1 aliphatic rings. The Hall–Kier alpha value is -1.88. The Morgan fingerprint density at radius 1 is 1.27 bits per heavy atom. The minimum absolute atomic E-state index is 0.0165. The summed E-state index contributed by atoms with van der Waals surface area (Å²) in [5.41, 5.74) is 2.00. The molecule has 1 aromatic heterocycles. The number of hydrogen-bond acceptors (Lipinski definition) is 2. The van der Waals surface area contributed by atoms with Crippen LogP contribution < -0.4 is 0 Å². The van der Waals surface area contributed by atoms with E-state index in [1.54, 1.807) is 0 Å². The Morgan fingerprint density at radius 2 is 2.00 bits per heavy atom. The summed E-state index contributed by atoms with van der Waals surface area (Å²) in [6.07, 6.45) is 0. The molecule has 0 spiro atoms. The van der Waals surface area contributed by atoms with Gasteiger partial charge in [0.15, 0.2) is 0 Å². The van der Waals surface area contributed by atoms with Gasteiger partial charge in [-0.15, -0.1) is 0 Å². The van der Waals surface area contributed by atoms with Crippen LogP contribution in [0.15, 0.2) is 18.2 Å². The van der Waals surface area contributed by atoms with Crippen molar-refractivity contribution in [3.63, 3.8) is 0 Å². The molecule has 5 heteroatoms. The molecule has 1 saturated heterocycles. The first kappa shape index (κ1) is 15.0. The van der Waals surface area contributed by atoms with Crippen molar-refractivity contribution in [2.24, 2.45) is 0 Å². The fourth-order valence-corrected chi connectivity index (χ4v) is 3.07. The van der Waals surface area contributed by atoms with Crippen molar-refractivity contribution in [2.75, 3.05) is 26.7 Å². The van der Waals surface area contributed by atoms with Crippen LogP contribution in [0.5, 0.6) is 0 Å². The number of rotatable bonds is 1. The number of carbonyl (C=O) groups is 1. The molecule has 0 saturated carbocycles. The van der Waals surface area contributed by atoms with Crippen molar-refractivity contribution in [3.05, 3.63) is 35.3 Å². The van der Waals surface area contributed by atoms with Gasteiger partial charge in [-0.1, -0.05) is 0 Å². The topological polar surface area (TPSA) is 39.3 Å². The van der Waals surface area contributed by atoms with Crippen molar-refractivity contribution < 1.29 is 9.18 Å². The van der Waals surface area contributed by atoms with Crippen LogP contribution in [0.25, 0.3) is 10.9 Å². The molecular formula is C17H22FN3O. The smallest absolute Gasteiger partial charge is 0.270 e. The van der Waals surface area contributed by atoms with Crippen LogP contribution in [-0.2, 0) is 0 Å². The maximum Gasteiger partial charge on any atom is 0.270 e. The SMILES string of the molecule is Cc1cc(F)cc2[nH]c(C(=O)N3CCN(C)C(C)(C)C3)cc12. The number of aromatic amines is 1. The maximum absolute atomic E-state index is 13.5. The van der Waals surface area contributed by atoms with Crippen LogP contribution >= 0.6 is 0 Å². The zero-order valence-electron chi connectivity index (χ0n) is 13.5. The lowest BCUT2D eigenvalue weighted by Gasteiger charge is -2.45. The minimum Gasteiger partial charge on any atom is -0.350 e. The number of halogens is 1. The van der Waals surface area contributed by atoms with E-state index in [4.69, 9.17) is 0 Å². The summed E-state index contributed by atoms with van der Waals surface area (Å²) in [6.45, 7) is 8.37. The highest BCUT2D eigenvalue weighted by Crippen LogP contribution is 2.24. The number of nitrogens with one attached hydrogen (secondary N) is 1. The van der Waals surface area contributed by atoms with Gasteiger partial charge in [0.25, 0.3) is 5.91 Å². The number of nitrogens with zero attached hydrogens (tertiary/aromatic N) is 2. The van der Waals surface area contributed by atoms with Gasteiger partial charge in [0.1, 0.15) is 11.5 Å². The summed E-state index contributed by atoms with van der Waals surface area (Å²) in [5, 5.41) is 0.901. The quantitative estimate of drug-likeness (QED) is 0.880. The average Bonchev–Trinajstić information content (AvgIpc) is 2.85. The molecule has 118 valence electrons. The number of hydrogen-bond donors (Lipinski definition) is 1. The third-order valence-corrected chi connectivity index (χ3v) is 4.74. The third kappa shape index (κ3) is 2.50. The number of carbonyl (C=O) groups excluding carboxylic acids is 1. The molecule has 1 N–H and O–H groups in total. The van der Waals surface area contributed by atoms with Crippen LogP contribution in [0.2, 0.25) is 0 Å². The highest BCUT2D eigenvalue weighted by molar-refractivity contribution is 5.99. The predicted molar refractivity (Wildman–Crippen MR) is 85.6 cm³/mol. The fraction of sp³-hybridized carbons (Fsp3) is 0.471. The summed E-state index contributed by atoms with van der Waals surface area (Å²) in [5.74, 6) is -0.302. The van der Waals surface area contributed by atoms with E-state index < -0.39 is 0 Å². The van der Waals surface area contributed by atoms with Gasteiger partial charge in [-0.2, -0.15) is 0 Å². The second kappa shape index (κ2) is 5.09. The third-order valence-electron chi connectivity index (χ3n) is 4.74. The van der Waals surface area contributed by atoms with E-state index in [0.717, 1.165) is 17.5 Å². The predicted octanol–water partition coefficient (Wildman–Crippen LogP) is 2.78. The molecule has 1 amide bonds. The lowest BCUT2D eigenvalue weighted by Crippen LogP contribution is -2.58. The Kier molecular flexibility index (Phi) is 3.48. The molecule has 1 aromatic carbocycles. The monoisotopic (exact) mass is 303 g/mol. The Balaban J connectivity index is 1.91. The molecule has 0 aliphatic carbocycles. The highest BCUT2D eigenvalue weighted by atomic mass is 19.1. The van der Waals surface area contributed by atoms with Gasteiger partial charge in [0.2, 0.25) is 0 Å². The summed E-state index contributed by atoms with van der Waals surface area (Å²) >= 11 is 0. The van der Waals surface area contributed by atoms with E-state index in [-0.39, 0.29) is 17.3 Å². The maximum atomic E-state index is 13.5. The molecule has 0 unspecified atom stereocenters. The number of H-pyrrole nitrogens is 1. The van der Waals surface area contributed by atoms with Crippen molar-refractivity contribution in [1.82, 2.24) is 14.8 Å². The summed E-state index contributed by atoms with van der Waals surface area (Å²) < 4.78 is 13.5. The van der Waals surface area contributed by atoms with Gasteiger partial charge < -0.3 is 9.88 Å². The number of piperazine rings is 1. The summed E-state index contributed by atoms with van der Waals surface area (Å²) in [6, 6.07) is 4.76. The first-order valence-electron chi connectivity index (χ1n) is 7.57.